The molecule has 106 valence electrons. The van der Waals surface area contributed by atoms with Gasteiger partial charge >= 0.3 is 0 Å². The lowest BCUT2D eigenvalue weighted by atomic mass is 10.2. The summed E-state index contributed by atoms with van der Waals surface area (Å²) in [6.45, 7) is 6.19. The minimum Gasteiger partial charge on any atom is -0.326 e. The molecule has 0 fully saturated rings. The Labute approximate surface area is 118 Å². The van der Waals surface area contributed by atoms with Gasteiger partial charge in [-0.15, -0.1) is 0 Å². The van der Waals surface area contributed by atoms with Gasteiger partial charge in [-0.2, -0.15) is 5.10 Å². The lowest BCUT2D eigenvalue weighted by molar-refractivity contribution is -0.119. The number of carbonyl (C=O) groups excluding carboxylic acids is 1. The molecule has 0 saturated heterocycles. The first kappa shape index (κ1) is 14.3. The second-order valence-corrected chi connectivity index (χ2v) is 4.94. The van der Waals surface area contributed by atoms with E-state index in [4.69, 9.17) is 5.73 Å². The van der Waals surface area contributed by atoms with Crippen LogP contribution in [0.25, 0.3) is 0 Å². The Kier molecular flexibility index (Phi) is 4.20. The van der Waals surface area contributed by atoms with E-state index < -0.39 is 0 Å². The summed E-state index contributed by atoms with van der Waals surface area (Å²) in [4.78, 5) is 12.2. The predicted molar refractivity (Wildman–Crippen MR) is 79.4 cm³/mol. The number of rotatable bonds is 4. The number of nitrogens with zero attached hydrogens (tertiary/aromatic N) is 2. The molecule has 0 aliphatic heterocycles. The molecule has 1 aromatic heterocycles. The Morgan fingerprint density at radius 1 is 1.35 bits per heavy atom. The standard InChI is InChI=1S/C15H20N4O/c1-10-8-11(2)19(18-10)12(3)15(20)17-14-6-4-13(9-16)5-7-14/h4-8,12H,9,16H2,1-3H3,(H,17,20). The molecular weight excluding hydrogens is 252 g/mol. The second kappa shape index (κ2) is 5.88. The molecule has 1 amide bonds. The number of hydrogen-bond donors (Lipinski definition) is 2. The van der Waals surface area contributed by atoms with E-state index in [0.29, 0.717) is 6.54 Å². The molecular formula is C15H20N4O. The van der Waals surface area contributed by atoms with Crippen LogP contribution in [-0.4, -0.2) is 15.7 Å². The normalized spacial score (nSPS) is 12.2. The lowest BCUT2D eigenvalue weighted by Crippen LogP contribution is -2.25. The maximum absolute atomic E-state index is 12.2. The van der Waals surface area contributed by atoms with E-state index >= 15 is 0 Å². The average Bonchev–Trinajstić information content (AvgIpc) is 2.77. The van der Waals surface area contributed by atoms with Gasteiger partial charge in [-0.25, -0.2) is 0 Å². The van der Waals surface area contributed by atoms with E-state index in [1.165, 1.54) is 0 Å². The van der Waals surface area contributed by atoms with Crippen LogP contribution in [0.2, 0.25) is 0 Å². The topological polar surface area (TPSA) is 72.9 Å². The minimum atomic E-state index is -0.349. The van der Waals surface area contributed by atoms with Gasteiger partial charge in [-0.3, -0.25) is 9.48 Å². The molecule has 0 aliphatic rings. The van der Waals surface area contributed by atoms with E-state index in [2.05, 4.69) is 10.4 Å². The zero-order chi connectivity index (χ0) is 14.7. The van der Waals surface area contributed by atoms with Gasteiger partial charge in [0.25, 0.3) is 0 Å². The smallest absolute Gasteiger partial charge is 0.248 e. The largest absolute Gasteiger partial charge is 0.326 e. The number of anilines is 1. The highest BCUT2D eigenvalue weighted by atomic mass is 16.2. The van der Waals surface area contributed by atoms with Crippen molar-refractivity contribution in [3.05, 3.63) is 47.3 Å². The molecule has 0 aliphatic carbocycles. The highest BCUT2D eigenvalue weighted by molar-refractivity contribution is 5.93. The third-order valence-corrected chi connectivity index (χ3v) is 3.25. The van der Waals surface area contributed by atoms with Gasteiger partial charge < -0.3 is 11.1 Å². The van der Waals surface area contributed by atoms with Crippen molar-refractivity contribution in [3.63, 3.8) is 0 Å². The Hall–Kier alpha value is -2.14. The molecule has 5 nitrogen and oxygen atoms in total. The summed E-state index contributed by atoms with van der Waals surface area (Å²) in [5.41, 5.74) is 9.23. The molecule has 1 atom stereocenters. The van der Waals surface area contributed by atoms with Crippen LogP contribution in [0.3, 0.4) is 0 Å². The number of aromatic nitrogens is 2. The summed E-state index contributed by atoms with van der Waals surface area (Å²) < 4.78 is 1.74. The van der Waals surface area contributed by atoms with Crippen molar-refractivity contribution in [2.24, 2.45) is 5.73 Å². The van der Waals surface area contributed by atoms with Crippen molar-refractivity contribution in [2.75, 3.05) is 5.32 Å². The fraction of sp³-hybridized carbons (Fsp3) is 0.333. The first-order valence-electron chi connectivity index (χ1n) is 6.64. The van der Waals surface area contributed by atoms with Crippen molar-refractivity contribution >= 4 is 11.6 Å². The van der Waals surface area contributed by atoms with Crippen molar-refractivity contribution in [3.8, 4) is 0 Å². The monoisotopic (exact) mass is 272 g/mol. The first-order chi connectivity index (χ1) is 9.51. The van der Waals surface area contributed by atoms with Crippen LogP contribution in [0.15, 0.2) is 30.3 Å². The summed E-state index contributed by atoms with van der Waals surface area (Å²) in [6.07, 6.45) is 0. The number of carbonyl (C=O) groups is 1. The molecule has 1 heterocycles. The van der Waals surface area contributed by atoms with Crippen molar-refractivity contribution < 1.29 is 4.79 Å². The highest BCUT2D eigenvalue weighted by Crippen LogP contribution is 2.15. The van der Waals surface area contributed by atoms with Gasteiger partial charge in [0.1, 0.15) is 6.04 Å². The van der Waals surface area contributed by atoms with Crippen LogP contribution in [0.5, 0.6) is 0 Å². The molecule has 0 radical (unpaired) electrons. The van der Waals surface area contributed by atoms with Crippen molar-refractivity contribution in [1.82, 2.24) is 9.78 Å². The Morgan fingerprint density at radius 3 is 2.50 bits per heavy atom. The lowest BCUT2D eigenvalue weighted by Gasteiger charge is -2.14. The van der Waals surface area contributed by atoms with Crippen molar-refractivity contribution in [1.29, 1.82) is 0 Å². The van der Waals surface area contributed by atoms with Gasteiger partial charge in [-0.05, 0) is 44.5 Å². The van der Waals surface area contributed by atoms with Crippen LogP contribution in [0.1, 0.15) is 29.9 Å². The summed E-state index contributed by atoms with van der Waals surface area (Å²) in [6, 6.07) is 9.13. The average molecular weight is 272 g/mol. The summed E-state index contributed by atoms with van der Waals surface area (Å²) in [5, 5.41) is 7.23. The van der Waals surface area contributed by atoms with Crippen LogP contribution in [-0.2, 0) is 11.3 Å². The number of nitrogens with two attached hydrogens (primary N) is 1. The van der Waals surface area contributed by atoms with Gasteiger partial charge in [0.05, 0.1) is 5.69 Å². The molecule has 0 spiro atoms. The molecule has 2 rings (SSSR count). The predicted octanol–water partition coefficient (Wildman–Crippen LogP) is 2.16. The molecule has 0 bridgehead atoms. The number of amides is 1. The zero-order valence-corrected chi connectivity index (χ0v) is 12.1. The highest BCUT2D eigenvalue weighted by Gasteiger charge is 2.17. The van der Waals surface area contributed by atoms with Gasteiger partial charge in [0.2, 0.25) is 5.91 Å². The fourth-order valence-corrected chi connectivity index (χ4v) is 2.12. The Bertz CT molecular complexity index is 601. The molecule has 20 heavy (non-hydrogen) atoms. The number of nitrogens with one attached hydrogen (secondary N) is 1. The van der Waals surface area contributed by atoms with Gasteiger partial charge in [-0.1, -0.05) is 12.1 Å². The van der Waals surface area contributed by atoms with Gasteiger partial charge in [0.15, 0.2) is 0 Å². The summed E-state index contributed by atoms with van der Waals surface area (Å²) in [5.74, 6) is -0.0864. The summed E-state index contributed by atoms with van der Waals surface area (Å²) >= 11 is 0. The second-order valence-electron chi connectivity index (χ2n) is 4.94. The maximum Gasteiger partial charge on any atom is 0.248 e. The first-order valence-corrected chi connectivity index (χ1v) is 6.64. The molecule has 1 aromatic carbocycles. The van der Waals surface area contributed by atoms with E-state index in [1.54, 1.807) is 4.68 Å². The number of hydrogen-bond acceptors (Lipinski definition) is 3. The van der Waals surface area contributed by atoms with E-state index in [1.807, 2.05) is 51.1 Å². The SMILES string of the molecule is Cc1cc(C)n(C(C)C(=O)Nc2ccc(CN)cc2)n1. The molecule has 2 aromatic rings. The van der Waals surface area contributed by atoms with Crippen LogP contribution in [0.4, 0.5) is 5.69 Å². The van der Waals surface area contributed by atoms with E-state index in [0.717, 1.165) is 22.6 Å². The Balaban J connectivity index is 2.09. The van der Waals surface area contributed by atoms with Crippen molar-refractivity contribution in [2.45, 2.75) is 33.4 Å². The quantitative estimate of drug-likeness (QED) is 0.895. The van der Waals surface area contributed by atoms with E-state index in [-0.39, 0.29) is 11.9 Å². The molecule has 0 saturated carbocycles. The van der Waals surface area contributed by atoms with Crippen LogP contribution in [0, 0.1) is 13.8 Å². The van der Waals surface area contributed by atoms with Gasteiger partial charge in [0, 0.05) is 17.9 Å². The molecule has 3 N–H and O–H groups in total. The fourth-order valence-electron chi connectivity index (χ4n) is 2.12. The molecule has 1 unspecified atom stereocenters. The number of benzene rings is 1. The molecule has 5 heteroatoms. The van der Waals surface area contributed by atoms with E-state index in [9.17, 15) is 4.79 Å². The third-order valence-electron chi connectivity index (χ3n) is 3.25. The van der Waals surface area contributed by atoms with Crippen LogP contribution < -0.4 is 11.1 Å². The minimum absolute atomic E-state index is 0.0864. The van der Waals surface area contributed by atoms with Crippen LogP contribution >= 0.6 is 0 Å². The third kappa shape index (κ3) is 3.05. The zero-order valence-electron chi connectivity index (χ0n) is 12.1. The Morgan fingerprint density at radius 2 is 2.00 bits per heavy atom. The summed E-state index contributed by atoms with van der Waals surface area (Å²) in [7, 11) is 0. The maximum atomic E-state index is 12.2. The number of aryl methyl sites for hydroxylation is 2.